The van der Waals surface area contributed by atoms with Crippen LogP contribution < -0.4 is 15.4 Å². The van der Waals surface area contributed by atoms with Crippen molar-refractivity contribution in [2.45, 2.75) is 25.8 Å². The summed E-state index contributed by atoms with van der Waals surface area (Å²) in [6, 6.07) is 16.3. The second-order valence-corrected chi connectivity index (χ2v) is 6.97. The van der Waals surface area contributed by atoms with Gasteiger partial charge in [-0.2, -0.15) is 5.10 Å². The molecule has 2 aromatic carbocycles. The summed E-state index contributed by atoms with van der Waals surface area (Å²) < 4.78 is 5.87. The maximum Gasteiger partial charge on any atom is 0.320 e. The second kappa shape index (κ2) is 8.12. The lowest BCUT2D eigenvalue weighted by molar-refractivity contribution is 0.249. The summed E-state index contributed by atoms with van der Waals surface area (Å²) in [7, 11) is 0. The number of aromatic amines is 1. The van der Waals surface area contributed by atoms with Crippen molar-refractivity contribution in [3.63, 3.8) is 0 Å². The topological polar surface area (TPSA) is 91.9 Å². The van der Waals surface area contributed by atoms with Crippen LogP contribution in [-0.4, -0.2) is 27.8 Å². The maximum absolute atomic E-state index is 12.7. The zero-order chi connectivity index (χ0) is 19.3. The van der Waals surface area contributed by atoms with Crippen molar-refractivity contribution in [2.24, 2.45) is 5.92 Å². The van der Waals surface area contributed by atoms with Gasteiger partial charge in [0, 0.05) is 0 Å². The molecule has 4 rings (SSSR count). The highest BCUT2D eigenvalue weighted by molar-refractivity contribution is 5.91. The molecular weight excluding hydrogens is 354 g/mol. The number of anilines is 1. The van der Waals surface area contributed by atoms with Crippen molar-refractivity contribution in [3.8, 4) is 5.75 Å². The number of carbonyl (C=O) groups excluding carboxylic acids is 1. The van der Waals surface area contributed by atoms with Crippen LogP contribution in [0.1, 0.15) is 36.1 Å². The number of nitrogens with one attached hydrogen (secondary N) is 3. The van der Waals surface area contributed by atoms with Crippen LogP contribution in [0, 0.1) is 12.8 Å². The van der Waals surface area contributed by atoms with E-state index in [-0.39, 0.29) is 6.03 Å². The maximum atomic E-state index is 12.7. The van der Waals surface area contributed by atoms with E-state index in [1.165, 1.54) is 12.8 Å². The molecule has 3 N–H and O–H groups in total. The van der Waals surface area contributed by atoms with Crippen LogP contribution in [0.4, 0.5) is 10.5 Å². The Morgan fingerprint density at radius 1 is 1.18 bits per heavy atom. The van der Waals surface area contributed by atoms with Crippen LogP contribution >= 0.6 is 0 Å². The highest BCUT2D eigenvalue weighted by Crippen LogP contribution is 2.31. The lowest BCUT2D eigenvalue weighted by Gasteiger charge is -2.18. The third-order valence-electron chi connectivity index (χ3n) is 4.59. The molecule has 144 valence electrons. The molecule has 1 aromatic heterocycles. The third kappa shape index (κ3) is 4.49. The Kier molecular flexibility index (Phi) is 5.23. The predicted molar refractivity (Wildman–Crippen MR) is 106 cm³/mol. The van der Waals surface area contributed by atoms with Gasteiger partial charge in [-0.05, 0) is 43.4 Å². The lowest BCUT2D eigenvalue weighted by Crippen LogP contribution is -2.34. The van der Waals surface area contributed by atoms with E-state index < -0.39 is 6.04 Å². The number of hydrogen-bond acceptors (Lipinski definition) is 4. The Bertz CT molecular complexity index is 937. The summed E-state index contributed by atoms with van der Waals surface area (Å²) in [5.74, 6) is 2.52. The zero-order valence-corrected chi connectivity index (χ0v) is 15.7. The van der Waals surface area contributed by atoms with Gasteiger partial charge in [-0.15, -0.1) is 0 Å². The molecule has 1 saturated carbocycles. The second-order valence-electron chi connectivity index (χ2n) is 6.97. The molecule has 7 heteroatoms. The van der Waals surface area contributed by atoms with Gasteiger partial charge < -0.3 is 15.4 Å². The van der Waals surface area contributed by atoms with Crippen LogP contribution in [0.5, 0.6) is 5.75 Å². The number of nitrogens with zero attached hydrogens (tertiary/aromatic N) is 2. The Hall–Kier alpha value is -3.35. The van der Waals surface area contributed by atoms with E-state index in [1.54, 1.807) is 0 Å². The fraction of sp³-hybridized carbons (Fsp3) is 0.286. The molecule has 0 bridgehead atoms. The molecule has 2 amide bonds. The number of carbonyl (C=O) groups is 1. The molecule has 1 unspecified atom stereocenters. The average Bonchev–Trinajstić information content (AvgIpc) is 3.45. The minimum absolute atomic E-state index is 0.348. The summed E-state index contributed by atoms with van der Waals surface area (Å²) in [6.07, 6.45) is 2.43. The summed E-state index contributed by atoms with van der Waals surface area (Å²) in [4.78, 5) is 17.1. The number of aryl methyl sites for hydroxylation is 1. The smallest absolute Gasteiger partial charge is 0.320 e. The van der Waals surface area contributed by atoms with Gasteiger partial charge in [-0.1, -0.05) is 42.5 Å². The van der Waals surface area contributed by atoms with Crippen molar-refractivity contribution in [2.75, 3.05) is 11.9 Å². The Labute approximate surface area is 163 Å². The average molecular weight is 377 g/mol. The van der Waals surface area contributed by atoms with E-state index in [9.17, 15) is 4.79 Å². The van der Waals surface area contributed by atoms with Crippen LogP contribution in [0.15, 0.2) is 54.6 Å². The summed E-state index contributed by atoms with van der Waals surface area (Å²) in [5, 5.41) is 12.9. The minimum atomic E-state index is -0.467. The molecule has 0 saturated heterocycles. The number of benzene rings is 2. The van der Waals surface area contributed by atoms with Gasteiger partial charge in [0.05, 0.1) is 12.3 Å². The van der Waals surface area contributed by atoms with Gasteiger partial charge in [0.2, 0.25) is 0 Å². The number of aromatic nitrogens is 3. The first-order valence-corrected chi connectivity index (χ1v) is 9.42. The van der Waals surface area contributed by atoms with Crippen molar-refractivity contribution < 1.29 is 9.53 Å². The monoisotopic (exact) mass is 377 g/mol. The van der Waals surface area contributed by atoms with E-state index in [4.69, 9.17) is 4.74 Å². The van der Waals surface area contributed by atoms with Crippen LogP contribution in [-0.2, 0) is 0 Å². The van der Waals surface area contributed by atoms with Crippen molar-refractivity contribution in [1.82, 2.24) is 20.5 Å². The third-order valence-corrected chi connectivity index (χ3v) is 4.59. The molecule has 1 aliphatic carbocycles. The molecule has 1 fully saturated rings. The van der Waals surface area contributed by atoms with Gasteiger partial charge in [-0.3, -0.25) is 5.10 Å². The Morgan fingerprint density at radius 3 is 2.64 bits per heavy atom. The molecule has 1 atom stereocenters. The largest absolute Gasteiger partial charge is 0.491 e. The number of amides is 2. The van der Waals surface area contributed by atoms with E-state index in [1.807, 2.05) is 61.5 Å². The number of hydrogen-bond donors (Lipinski definition) is 3. The lowest BCUT2D eigenvalue weighted by atomic mass is 10.1. The highest BCUT2D eigenvalue weighted by Gasteiger charge is 2.23. The SMILES string of the molecule is Cc1nc(C(NC(=O)Nc2ccccc2OCC2CC2)c2ccccc2)n[nH]1. The predicted octanol–water partition coefficient (Wildman–Crippen LogP) is 3.81. The fourth-order valence-corrected chi connectivity index (χ4v) is 2.91. The van der Waals surface area contributed by atoms with E-state index in [0.717, 1.165) is 5.56 Å². The molecule has 0 radical (unpaired) electrons. The minimum Gasteiger partial charge on any atom is -0.491 e. The molecule has 0 aliphatic heterocycles. The first kappa shape index (κ1) is 18.0. The van der Waals surface area contributed by atoms with Gasteiger partial charge in [0.25, 0.3) is 0 Å². The highest BCUT2D eigenvalue weighted by atomic mass is 16.5. The molecule has 28 heavy (non-hydrogen) atoms. The van der Waals surface area contributed by atoms with Crippen molar-refractivity contribution >= 4 is 11.7 Å². The van der Waals surface area contributed by atoms with Gasteiger partial charge in [0.1, 0.15) is 17.6 Å². The molecule has 1 aliphatic rings. The quantitative estimate of drug-likeness (QED) is 0.584. The van der Waals surface area contributed by atoms with Crippen LogP contribution in [0.3, 0.4) is 0 Å². The zero-order valence-electron chi connectivity index (χ0n) is 15.7. The first-order valence-electron chi connectivity index (χ1n) is 9.42. The summed E-state index contributed by atoms with van der Waals surface area (Å²) >= 11 is 0. The Balaban J connectivity index is 1.49. The van der Waals surface area contributed by atoms with E-state index in [0.29, 0.717) is 35.6 Å². The molecule has 7 nitrogen and oxygen atoms in total. The molecule has 0 spiro atoms. The van der Waals surface area contributed by atoms with Crippen LogP contribution in [0.2, 0.25) is 0 Å². The number of rotatable bonds is 7. The molecule has 3 aromatic rings. The van der Waals surface area contributed by atoms with Crippen molar-refractivity contribution in [1.29, 1.82) is 0 Å². The van der Waals surface area contributed by atoms with Crippen molar-refractivity contribution in [3.05, 3.63) is 71.8 Å². The van der Waals surface area contributed by atoms with Gasteiger partial charge >= 0.3 is 6.03 Å². The summed E-state index contributed by atoms with van der Waals surface area (Å²) in [5.41, 5.74) is 1.54. The first-order chi connectivity index (χ1) is 13.7. The Morgan fingerprint density at radius 2 is 1.93 bits per heavy atom. The molecule has 1 heterocycles. The van der Waals surface area contributed by atoms with E-state index >= 15 is 0 Å². The number of para-hydroxylation sites is 2. The molecular formula is C21H23N5O2. The van der Waals surface area contributed by atoms with Gasteiger partial charge in [-0.25, -0.2) is 9.78 Å². The number of H-pyrrole nitrogens is 1. The number of ether oxygens (including phenoxy) is 1. The normalized spacial score (nSPS) is 14.3. The van der Waals surface area contributed by atoms with Crippen LogP contribution in [0.25, 0.3) is 0 Å². The van der Waals surface area contributed by atoms with E-state index in [2.05, 4.69) is 25.8 Å². The number of urea groups is 1. The standard InChI is InChI=1S/C21H23N5O2/c1-14-22-20(26-25-14)19(16-7-3-2-4-8-16)24-21(27)23-17-9-5-6-10-18(17)28-13-15-11-12-15/h2-10,15,19H,11-13H2,1H3,(H,22,25,26)(H2,23,24,27). The fourth-order valence-electron chi connectivity index (χ4n) is 2.91. The van der Waals surface area contributed by atoms with Gasteiger partial charge in [0.15, 0.2) is 5.82 Å². The summed E-state index contributed by atoms with van der Waals surface area (Å²) in [6.45, 7) is 2.51.